The minimum absolute atomic E-state index is 0.192. The summed E-state index contributed by atoms with van der Waals surface area (Å²) in [7, 11) is 1.68. The first-order chi connectivity index (χ1) is 14.3. The normalized spacial score (nSPS) is 12.0. The topological polar surface area (TPSA) is 58.9 Å². The SMILES string of the molecule is C=C/C=C(\C=C(/C)C(C)=Nc1ccccc1C)C(=O)O.CCc1ccc(OC)cc1. The third-order valence-electron chi connectivity index (χ3n) is 4.46. The molecule has 0 aromatic heterocycles. The van der Waals surface area contributed by atoms with Crippen LogP contribution in [0.25, 0.3) is 0 Å². The van der Waals surface area contributed by atoms with Crippen molar-refractivity contribution in [1.29, 1.82) is 0 Å². The lowest BCUT2D eigenvalue weighted by molar-refractivity contribution is -0.132. The molecule has 0 bridgehead atoms. The van der Waals surface area contributed by atoms with E-state index in [9.17, 15) is 4.79 Å². The van der Waals surface area contributed by atoms with Gasteiger partial charge in [-0.1, -0.05) is 49.9 Å². The molecule has 0 saturated heterocycles. The van der Waals surface area contributed by atoms with Crippen molar-refractivity contribution in [2.45, 2.75) is 34.1 Å². The molecular weight excluding hydrogens is 374 g/mol. The number of hydrogen-bond acceptors (Lipinski definition) is 3. The van der Waals surface area contributed by atoms with Crippen LogP contribution in [0.5, 0.6) is 5.75 Å². The molecule has 0 amide bonds. The fourth-order valence-corrected chi connectivity index (χ4v) is 2.46. The Morgan fingerprint density at radius 3 is 2.27 bits per heavy atom. The molecule has 158 valence electrons. The standard InChI is InChI=1S/C17H19NO2.C9H12O/c1-5-8-15(17(19)20)11-13(3)14(4)18-16-10-7-6-9-12(16)2;1-3-8-4-6-9(10-2)7-5-8/h5-11H,1H2,2-4H3,(H,19,20);4-7H,3H2,1-2H3/b13-11+,15-8+,18-14?;. The van der Waals surface area contributed by atoms with Crippen LogP contribution in [0.2, 0.25) is 0 Å². The predicted molar refractivity (Wildman–Crippen MR) is 126 cm³/mol. The van der Waals surface area contributed by atoms with E-state index in [1.165, 1.54) is 17.7 Å². The van der Waals surface area contributed by atoms with Gasteiger partial charge in [-0.2, -0.15) is 0 Å². The molecule has 0 spiro atoms. The van der Waals surface area contributed by atoms with Crippen molar-refractivity contribution in [3.63, 3.8) is 0 Å². The Morgan fingerprint density at radius 2 is 1.77 bits per heavy atom. The third kappa shape index (κ3) is 8.31. The summed E-state index contributed by atoms with van der Waals surface area (Å²) in [5, 5.41) is 9.07. The first-order valence-electron chi connectivity index (χ1n) is 9.80. The number of para-hydroxylation sites is 1. The average Bonchev–Trinajstić information content (AvgIpc) is 2.75. The second kappa shape index (κ2) is 12.9. The van der Waals surface area contributed by atoms with Crippen LogP contribution in [0.1, 0.15) is 31.9 Å². The summed E-state index contributed by atoms with van der Waals surface area (Å²) in [6.07, 6.45) is 5.61. The Kier molecular flexibility index (Phi) is 10.6. The van der Waals surface area contributed by atoms with Crippen molar-refractivity contribution < 1.29 is 14.6 Å². The van der Waals surface area contributed by atoms with Crippen molar-refractivity contribution in [2.24, 2.45) is 4.99 Å². The van der Waals surface area contributed by atoms with Crippen molar-refractivity contribution >= 4 is 17.4 Å². The van der Waals surface area contributed by atoms with E-state index >= 15 is 0 Å². The van der Waals surface area contributed by atoms with Crippen molar-refractivity contribution in [3.05, 3.63) is 95.6 Å². The molecule has 4 nitrogen and oxygen atoms in total. The van der Waals surface area contributed by atoms with Gasteiger partial charge in [0, 0.05) is 5.71 Å². The summed E-state index contributed by atoms with van der Waals surface area (Å²) in [5.41, 5.74) is 5.11. The smallest absolute Gasteiger partial charge is 0.335 e. The monoisotopic (exact) mass is 405 g/mol. The van der Waals surface area contributed by atoms with Gasteiger partial charge in [-0.05, 0) is 74.2 Å². The quantitative estimate of drug-likeness (QED) is 0.325. The summed E-state index contributed by atoms with van der Waals surface area (Å²) >= 11 is 0. The highest BCUT2D eigenvalue weighted by Crippen LogP contribution is 2.19. The first kappa shape index (κ1) is 24.6. The van der Waals surface area contributed by atoms with Crippen molar-refractivity contribution in [1.82, 2.24) is 0 Å². The fourth-order valence-electron chi connectivity index (χ4n) is 2.46. The number of benzene rings is 2. The molecule has 0 fully saturated rings. The second-order valence-electron chi connectivity index (χ2n) is 6.68. The lowest BCUT2D eigenvalue weighted by Gasteiger charge is -2.04. The number of rotatable bonds is 7. The van der Waals surface area contributed by atoms with Gasteiger partial charge in [-0.15, -0.1) is 0 Å². The van der Waals surface area contributed by atoms with Crippen molar-refractivity contribution in [2.75, 3.05) is 7.11 Å². The number of ether oxygens (including phenoxy) is 1. The second-order valence-corrected chi connectivity index (χ2v) is 6.68. The fraction of sp³-hybridized carbons (Fsp3) is 0.231. The minimum atomic E-state index is -0.979. The van der Waals surface area contributed by atoms with Crippen LogP contribution in [0, 0.1) is 6.92 Å². The van der Waals surface area contributed by atoms with Crippen LogP contribution in [-0.4, -0.2) is 23.9 Å². The van der Waals surface area contributed by atoms with Gasteiger partial charge < -0.3 is 9.84 Å². The third-order valence-corrected chi connectivity index (χ3v) is 4.46. The summed E-state index contributed by atoms with van der Waals surface area (Å²) in [4.78, 5) is 15.6. The lowest BCUT2D eigenvalue weighted by Crippen LogP contribution is -2.01. The van der Waals surface area contributed by atoms with E-state index in [0.717, 1.165) is 34.7 Å². The molecule has 0 atom stereocenters. The number of hydrogen-bond donors (Lipinski definition) is 1. The summed E-state index contributed by atoms with van der Waals surface area (Å²) < 4.78 is 5.01. The number of carboxylic acids is 1. The minimum Gasteiger partial charge on any atom is -0.497 e. The van der Waals surface area contributed by atoms with Gasteiger partial charge in [0.25, 0.3) is 0 Å². The van der Waals surface area contributed by atoms with Gasteiger partial charge in [0.15, 0.2) is 0 Å². The zero-order valence-corrected chi connectivity index (χ0v) is 18.5. The average molecular weight is 406 g/mol. The summed E-state index contributed by atoms with van der Waals surface area (Å²) in [5.74, 6) is -0.0508. The number of aryl methyl sites for hydroxylation is 2. The molecule has 0 heterocycles. The van der Waals surface area contributed by atoms with Crippen LogP contribution < -0.4 is 4.74 Å². The van der Waals surface area contributed by atoms with E-state index in [4.69, 9.17) is 9.84 Å². The van der Waals surface area contributed by atoms with Gasteiger partial charge in [-0.25, -0.2) is 4.79 Å². The number of aliphatic carboxylic acids is 1. The lowest BCUT2D eigenvalue weighted by atomic mass is 10.1. The van der Waals surface area contributed by atoms with E-state index in [0.29, 0.717) is 0 Å². The van der Waals surface area contributed by atoms with Crippen LogP contribution in [0.15, 0.2) is 89.5 Å². The highest BCUT2D eigenvalue weighted by atomic mass is 16.5. The van der Waals surface area contributed by atoms with Gasteiger partial charge in [-0.3, -0.25) is 4.99 Å². The van der Waals surface area contributed by atoms with E-state index in [-0.39, 0.29) is 5.57 Å². The molecule has 0 aliphatic carbocycles. The van der Waals surface area contributed by atoms with Gasteiger partial charge in [0.05, 0.1) is 18.4 Å². The predicted octanol–water partition coefficient (Wildman–Crippen LogP) is 6.49. The summed E-state index contributed by atoms with van der Waals surface area (Å²) in [6.45, 7) is 11.4. The Hall–Kier alpha value is -3.40. The van der Waals surface area contributed by atoms with Gasteiger partial charge >= 0.3 is 5.97 Å². The van der Waals surface area contributed by atoms with E-state index in [2.05, 4.69) is 30.6 Å². The molecule has 2 aromatic carbocycles. The zero-order chi connectivity index (χ0) is 22.5. The molecule has 0 aliphatic rings. The molecule has 0 saturated carbocycles. The zero-order valence-electron chi connectivity index (χ0n) is 18.5. The largest absolute Gasteiger partial charge is 0.497 e. The van der Waals surface area contributed by atoms with Crippen LogP contribution in [0.4, 0.5) is 5.69 Å². The number of nitrogens with zero attached hydrogens (tertiary/aromatic N) is 1. The molecule has 0 aliphatic heterocycles. The van der Waals surface area contributed by atoms with Gasteiger partial charge in [0.2, 0.25) is 0 Å². The molecule has 2 aromatic rings. The molecular formula is C26H31NO3. The molecule has 0 radical (unpaired) electrons. The van der Waals surface area contributed by atoms with E-state index < -0.39 is 5.97 Å². The maximum absolute atomic E-state index is 11.1. The molecule has 1 N–H and O–H groups in total. The molecule has 2 rings (SSSR count). The van der Waals surface area contributed by atoms with Crippen LogP contribution >= 0.6 is 0 Å². The number of carbonyl (C=O) groups is 1. The van der Waals surface area contributed by atoms with Crippen LogP contribution in [-0.2, 0) is 11.2 Å². The maximum Gasteiger partial charge on any atom is 0.335 e. The number of allylic oxidation sites excluding steroid dienone is 3. The number of aliphatic imine (C=N–C) groups is 1. The van der Waals surface area contributed by atoms with Crippen LogP contribution in [0.3, 0.4) is 0 Å². The Morgan fingerprint density at radius 1 is 1.13 bits per heavy atom. The van der Waals surface area contributed by atoms with E-state index in [1.807, 2.05) is 57.2 Å². The highest BCUT2D eigenvalue weighted by Gasteiger charge is 2.05. The Labute approximate surface area is 179 Å². The number of carboxylic acid groups (broad SMARTS) is 1. The molecule has 30 heavy (non-hydrogen) atoms. The highest BCUT2D eigenvalue weighted by molar-refractivity contribution is 6.02. The number of methoxy groups -OCH3 is 1. The first-order valence-corrected chi connectivity index (χ1v) is 9.80. The Bertz CT molecular complexity index is 912. The van der Waals surface area contributed by atoms with Gasteiger partial charge in [0.1, 0.15) is 5.75 Å². The molecule has 4 heteroatoms. The van der Waals surface area contributed by atoms with E-state index in [1.54, 1.807) is 13.2 Å². The maximum atomic E-state index is 11.1. The Balaban J connectivity index is 0.000000375. The summed E-state index contributed by atoms with van der Waals surface area (Å²) in [6, 6.07) is 15.9. The van der Waals surface area contributed by atoms with Crippen molar-refractivity contribution in [3.8, 4) is 5.75 Å². The molecule has 0 unspecified atom stereocenters.